The topological polar surface area (TPSA) is 74.1 Å². The third-order valence-electron chi connectivity index (χ3n) is 13.9. The number of rotatable bonds is 2. The molecule has 0 aliphatic heterocycles. The minimum Gasteiger partial charge on any atom is -0.564 e. The number of ketones is 2. The molecule has 4 fully saturated rings. The van der Waals surface area contributed by atoms with E-state index < -0.39 is 22.2 Å². The molecule has 4 saturated carbocycles. The lowest BCUT2D eigenvalue weighted by atomic mass is 9.33. The van der Waals surface area contributed by atoms with Gasteiger partial charge in [-0.2, -0.15) is 0 Å². The first kappa shape index (κ1) is 29.5. The largest absolute Gasteiger partial charge is 0.564 e. The summed E-state index contributed by atoms with van der Waals surface area (Å²) in [5, 5.41) is 8.06. The lowest BCUT2D eigenvalue weighted by Gasteiger charge is -2.69. The first-order valence-electron chi connectivity index (χ1n) is 15.9. The molecule has 5 aliphatic carbocycles. The zero-order chi connectivity index (χ0) is 30.7. The SMILES string of the molecule is CC1(C(=O)[OH2+])CCC2(C)CCC3(C)C(=CC(=O)C4C5(C)C/C(=C\c6ccc(F)cc6)C(=O)C(C)(C)C5CCC43C)C2C1. The summed E-state index contributed by atoms with van der Waals surface area (Å²) in [5.74, 6) is -0.494. The molecule has 4 nitrogen and oxygen atoms in total. The molecule has 0 amide bonds. The smallest absolute Gasteiger partial charge is 0.521 e. The number of carbonyl (C=O) groups is 3. The van der Waals surface area contributed by atoms with Crippen LogP contribution in [0.25, 0.3) is 6.08 Å². The van der Waals surface area contributed by atoms with Crippen molar-refractivity contribution in [2.24, 2.45) is 50.2 Å². The minimum absolute atomic E-state index is 0.0369. The van der Waals surface area contributed by atoms with E-state index >= 15 is 0 Å². The quantitative estimate of drug-likeness (QED) is 0.269. The number of Topliss-reactive ketones (excluding diaryl/α,β-unsaturated/α-hetero) is 1. The summed E-state index contributed by atoms with van der Waals surface area (Å²) in [4.78, 5) is 41.1. The van der Waals surface area contributed by atoms with Crippen molar-refractivity contribution in [3.8, 4) is 0 Å². The van der Waals surface area contributed by atoms with Gasteiger partial charge in [0.1, 0.15) is 11.2 Å². The van der Waals surface area contributed by atoms with Crippen molar-refractivity contribution < 1.29 is 23.9 Å². The Hall–Kier alpha value is -2.56. The van der Waals surface area contributed by atoms with Crippen LogP contribution in [0.1, 0.15) is 105 Å². The minimum atomic E-state index is -0.665. The summed E-state index contributed by atoms with van der Waals surface area (Å²) in [7, 11) is 0. The average Bonchev–Trinajstić information content (AvgIpc) is 2.90. The van der Waals surface area contributed by atoms with Crippen molar-refractivity contribution in [3.05, 3.63) is 52.9 Å². The molecule has 0 spiro atoms. The van der Waals surface area contributed by atoms with E-state index in [9.17, 15) is 18.8 Å². The molecule has 2 N–H and O–H groups in total. The van der Waals surface area contributed by atoms with Crippen molar-refractivity contribution in [1.82, 2.24) is 0 Å². The number of carbonyl (C=O) groups excluding carboxylic acids is 3. The molecule has 0 heterocycles. The van der Waals surface area contributed by atoms with Crippen LogP contribution in [-0.4, -0.2) is 22.6 Å². The van der Waals surface area contributed by atoms with Crippen molar-refractivity contribution >= 4 is 23.6 Å². The van der Waals surface area contributed by atoms with Gasteiger partial charge in [-0.3, -0.25) is 9.59 Å². The van der Waals surface area contributed by atoms with Gasteiger partial charge in [0.05, 0.1) is 0 Å². The Labute approximate surface area is 250 Å². The van der Waals surface area contributed by atoms with E-state index in [-0.39, 0.29) is 51.4 Å². The summed E-state index contributed by atoms with van der Waals surface area (Å²) in [6.07, 6.45) is 10.6. The van der Waals surface area contributed by atoms with Crippen molar-refractivity contribution in [2.45, 2.75) is 99.8 Å². The van der Waals surface area contributed by atoms with Crippen LogP contribution in [0.5, 0.6) is 0 Å². The number of fused-ring (bicyclic) bond motifs is 7. The molecule has 8 atom stereocenters. The highest BCUT2D eigenvalue weighted by Crippen LogP contribution is 2.75. The maximum Gasteiger partial charge on any atom is 0.521 e. The van der Waals surface area contributed by atoms with Gasteiger partial charge in [0, 0.05) is 16.1 Å². The molecule has 0 bridgehead atoms. The second kappa shape index (κ2) is 8.99. The average molecular weight is 576 g/mol. The third-order valence-corrected chi connectivity index (χ3v) is 13.9. The summed E-state index contributed by atoms with van der Waals surface area (Å²) in [5.41, 5.74) is 0.634. The Morgan fingerprint density at radius 1 is 0.929 bits per heavy atom. The molecule has 8 unspecified atom stereocenters. The highest BCUT2D eigenvalue weighted by Gasteiger charge is 2.71. The van der Waals surface area contributed by atoms with Crippen LogP contribution < -0.4 is 0 Å². The fraction of sp³-hybridized carbons (Fsp3) is 0.649. The van der Waals surface area contributed by atoms with E-state index in [1.54, 1.807) is 12.1 Å². The van der Waals surface area contributed by atoms with Crippen molar-refractivity contribution in [2.75, 3.05) is 0 Å². The van der Waals surface area contributed by atoms with Crippen LogP contribution in [0.2, 0.25) is 0 Å². The Balaban J connectivity index is 1.46. The Bertz CT molecular complexity index is 1440. The molecule has 6 rings (SSSR count). The van der Waals surface area contributed by atoms with Gasteiger partial charge in [0.25, 0.3) is 0 Å². The molecule has 0 aromatic heterocycles. The Morgan fingerprint density at radius 2 is 1.57 bits per heavy atom. The number of hydrogen-bond acceptors (Lipinski definition) is 3. The molecule has 0 radical (unpaired) electrons. The van der Waals surface area contributed by atoms with Gasteiger partial charge in [-0.15, -0.1) is 0 Å². The van der Waals surface area contributed by atoms with Crippen molar-refractivity contribution in [3.63, 3.8) is 0 Å². The molecule has 42 heavy (non-hydrogen) atoms. The zero-order valence-electron chi connectivity index (χ0n) is 26.5. The van der Waals surface area contributed by atoms with E-state index in [0.717, 1.165) is 49.7 Å². The summed E-state index contributed by atoms with van der Waals surface area (Å²) in [6.45, 7) is 15.4. The van der Waals surface area contributed by atoms with Crippen molar-refractivity contribution in [1.29, 1.82) is 0 Å². The fourth-order valence-corrected chi connectivity index (χ4v) is 11.1. The molecule has 226 valence electrons. The van der Waals surface area contributed by atoms with Gasteiger partial charge < -0.3 is 5.11 Å². The molecule has 5 heteroatoms. The number of halogens is 1. The summed E-state index contributed by atoms with van der Waals surface area (Å²) in [6, 6.07) is 6.27. The predicted molar refractivity (Wildman–Crippen MR) is 163 cm³/mol. The first-order valence-corrected chi connectivity index (χ1v) is 15.9. The molecule has 1 aromatic rings. The van der Waals surface area contributed by atoms with Crippen LogP contribution in [-0.2, 0) is 14.4 Å². The van der Waals surface area contributed by atoms with Crippen LogP contribution in [0, 0.1) is 56.1 Å². The summed E-state index contributed by atoms with van der Waals surface area (Å²) >= 11 is 0. The van der Waals surface area contributed by atoms with E-state index in [0.29, 0.717) is 12.8 Å². The van der Waals surface area contributed by atoms with Crippen LogP contribution in [0.4, 0.5) is 4.39 Å². The van der Waals surface area contributed by atoms with Gasteiger partial charge in [0.15, 0.2) is 11.6 Å². The maximum atomic E-state index is 14.6. The number of allylic oxidation sites excluding steroid dienone is 3. The van der Waals surface area contributed by atoms with Crippen LogP contribution in [0.3, 0.4) is 0 Å². The van der Waals surface area contributed by atoms with Gasteiger partial charge in [-0.25, -0.2) is 4.39 Å². The molecular formula is C37H48FO4+. The second-order valence-electron chi connectivity index (χ2n) is 16.5. The van der Waals surface area contributed by atoms with Gasteiger partial charge >= 0.3 is 5.97 Å². The highest BCUT2D eigenvalue weighted by atomic mass is 19.1. The van der Waals surface area contributed by atoms with E-state index in [4.69, 9.17) is 5.11 Å². The van der Waals surface area contributed by atoms with Crippen LogP contribution >= 0.6 is 0 Å². The number of hydrogen-bond donors (Lipinski definition) is 0. The van der Waals surface area contributed by atoms with E-state index in [1.807, 2.05) is 19.1 Å². The first-order chi connectivity index (χ1) is 19.4. The number of benzene rings is 1. The van der Waals surface area contributed by atoms with E-state index in [1.165, 1.54) is 17.7 Å². The monoisotopic (exact) mass is 575 g/mol. The normalized spacial score (nSPS) is 45.3. The van der Waals surface area contributed by atoms with E-state index in [2.05, 4.69) is 41.5 Å². The van der Waals surface area contributed by atoms with Crippen LogP contribution in [0.15, 0.2) is 41.5 Å². The lowest BCUT2D eigenvalue weighted by molar-refractivity contribution is -0.183. The lowest BCUT2D eigenvalue weighted by Crippen LogP contribution is -2.66. The standard InChI is InChI=1S/C37H47FO4/c1-32(2)28-12-13-37(7)29(35(28,5)20-23(30(32)40)18-22-8-10-24(38)11-9-22)27(39)19-25-26-21-34(4,31(41)42)15-14-33(26,3)16-17-36(25,37)6/h8-11,18-19,26,28-29H,12-17,20-21H2,1-7H3,(H,41,42)/p+1/b23-18+. The third kappa shape index (κ3) is 3.80. The van der Waals surface area contributed by atoms with Gasteiger partial charge in [-0.05, 0) is 127 Å². The predicted octanol–water partition coefficient (Wildman–Crippen LogP) is 7.62. The van der Waals surface area contributed by atoms with Gasteiger partial charge in [0.2, 0.25) is 0 Å². The molecule has 0 saturated heterocycles. The summed E-state index contributed by atoms with van der Waals surface area (Å²) < 4.78 is 13.6. The second-order valence-corrected chi connectivity index (χ2v) is 16.5. The maximum absolute atomic E-state index is 14.6. The zero-order valence-corrected chi connectivity index (χ0v) is 26.5. The van der Waals surface area contributed by atoms with Gasteiger partial charge in [-0.1, -0.05) is 59.2 Å². The molecular weight excluding hydrogens is 527 g/mol. The Morgan fingerprint density at radius 3 is 2.21 bits per heavy atom. The molecule has 1 aromatic carbocycles. The fourth-order valence-electron chi connectivity index (χ4n) is 11.1. The Kier molecular flexibility index (Phi) is 6.31. The highest BCUT2D eigenvalue weighted by molar-refractivity contribution is 6.05. The molecule has 5 aliphatic rings.